The number of carbonyl (C=O) groups excluding carboxylic acids is 1. The summed E-state index contributed by atoms with van der Waals surface area (Å²) in [5.74, 6) is -0.614. The fourth-order valence-electron chi connectivity index (χ4n) is 4.45. The van der Waals surface area contributed by atoms with Crippen molar-refractivity contribution in [2.24, 2.45) is 5.92 Å². The van der Waals surface area contributed by atoms with Crippen molar-refractivity contribution in [1.29, 1.82) is 0 Å². The van der Waals surface area contributed by atoms with E-state index in [-0.39, 0.29) is 30.8 Å². The minimum Gasteiger partial charge on any atom is -0.464 e. The highest BCUT2D eigenvalue weighted by molar-refractivity contribution is 6.04. The molecule has 198 valence electrons. The van der Waals surface area contributed by atoms with Crippen LogP contribution in [-0.2, 0) is 23.7 Å². The minimum absolute atomic E-state index is 0.0190. The summed E-state index contributed by atoms with van der Waals surface area (Å²) in [5, 5.41) is 12.6. The minimum atomic E-state index is -0.670. The molecule has 0 bridgehead atoms. The number of benzene rings is 2. The summed E-state index contributed by atoms with van der Waals surface area (Å²) in [6, 6.07) is 14.9. The SMILES string of the molecule is CCO[C@H]1OC(C(=O)Nc2ccccc2N)=C[C@@H](c2coc3ccccc23)[C@@H]1CCOCCOCCO. The van der Waals surface area contributed by atoms with E-state index in [4.69, 9.17) is 34.2 Å². The lowest BCUT2D eigenvalue weighted by Gasteiger charge is -2.36. The summed E-state index contributed by atoms with van der Waals surface area (Å²) in [5.41, 5.74) is 8.71. The van der Waals surface area contributed by atoms with Gasteiger partial charge in [0.15, 0.2) is 5.76 Å². The van der Waals surface area contributed by atoms with E-state index in [1.807, 2.05) is 37.3 Å². The lowest BCUT2D eigenvalue weighted by atomic mass is 9.81. The number of nitrogens with one attached hydrogen (secondary N) is 1. The van der Waals surface area contributed by atoms with Crippen LogP contribution in [0.1, 0.15) is 24.8 Å². The molecule has 4 N–H and O–H groups in total. The number of amides is 1. The molecule has 0 radical (unpaired) electrons. The lowest BCUT2D eigenvalue weighted by molar-refractivity contribution is -0.166. The Labute approximate surface area is 216 Å². The van der Waals surface area contributed by atoms with Crippen LogP contribution in [0.25, 0.3) is 11.0 Å². The van der Waals surface area contributed by atoms with E-state index in [1.54, 1.807) is 30.5 Å². The molecule has 3 atom stereocenters. The second kappa shape index (κ2) is 13.3. The maximum atomic E-state index is 13.2. The van der Waals surface area contributed by atoms with E-state index in [2.05, 4.69) is 5.32 Å². The molecular formula is C28H34N2O7. The quantitative estimate of drug-likeness (QED) is 0.232. The third-order valence-corrected chi connectivity index (χ3v) is 6.22. The van der Waals surface area contributed by atoms with Gasteiger partial charge in [-0.3, -0.25) is 4.79 Å². The van der Waals surface area contributed by atoms with E-state index >= 15 is 0 Å². The van der Waals surface area contributed by atoms with Crippen LogP contribution in [0.2, 0.25) is 0 Å². The highest BCUT2D eigenvalue weighted by atomic mass is 16.7. The largest absolute Gasteiger partial charge is 0.464 e. The number of furan rings is 1. The third kappa shape index (κ3) is 6.69. The van der Waals surface area contributed by atoms with Gasteiger partial charge in [0.1, 0.15) is 5.58 Å². The number of ether oxygens (including phenoxy) is 4. The molecule has 4 rings (SSSR count). The topological polar surface area (TPSA) is 125 Å². The molecule has 1 aromatic heterocycles. The van der Waals surface area contributed by atoms with Gasteiger partial charge in [0.05, 0.1) is 44.1 Å². The summed E-state index contributed by atoms with van der Waals surface area (Å²) in [7, 11) is 0. The first-order valence-electron chi connectivity index (χ1n) is 12.5. The molecule has 0 aliphatic carbocycles. The smallest absolute Gasteiger partial charge is 0.290 e. The lowest BCUT2D eigenvalue weighted by Crippen LogP contribution is -2.38. The standard InChI is InChI=1S/C28H34N2O7/c1-2-35-28-20(11-13-33-15-16-34-14-12-31)21(22-18-36-25-10-6-3-7-19(22)25)17-26(37-28)27(32)30-24-9-5-4-8-23(24)29/h3-10,17-18,20-21,28,31H,2,11-16,29H2,1H3,(H,30,32)/t20-,21+,28-/m0/s1. The number of fused-ring (bicyclic) bond motifs is 1. The maximum absolute atomic E-state index is 13.2. The van der Waals surface area contributed by atoms with E-state index in [0.29, 0.717) is 44.2 Å². The van der Waals surface area contributed by atoms with Gasteiger partial charge in [-0.2, -0.15) is 0 Å². The van der Waals surface area contributed by atoms with Gasteiger partial charge in [-0.1, -0.05) is 30.3 Å². The molecule has 1 aliphatic heterocycles. The van der Waals surface area contributed by atoms with Crippen LogP contribution < -0.4 is 11.1 Å². The molecule has 37 heavy (non-hydrogen) atoms. The van der Waals surface area contributed by atoms with E-state index < -0.39 is 12.2 Å². The Morgan fingerprint density at radius 2 is 1.81 bits per heavy atom. The van der Waals surface area contributed by atoms with Crippen molar-refractivity contribution in [3.63, 3.8) is 0 Å². The molecular weight excluding hydrogens is 476 g/mol. The molecule has 9 nitrogen and oxygen atoms in total. The molecule has 3 aromatic rings. The zero-order valence-electron chi connectivity index (χ0n) is 20.9. The molecule has 2 aromatic carbocycles. The van der Waals surface area contributed by atoms with Crippen LogP contribution in [0.3, 0.4) is 0 Å². The van der Waals surface area contributed by atoms with Crippen molar-refractivity contribution in [1.82, 2.24) is 0 Å². The van der Waals surface area contributed by atoms with Crippen molar-refractivity contribution >= 4 is 28.3 Å². The number of para-hydroxylation sites is 3. The van der Waals surface area contributed by atoms with Crippen molar-refractivity contribution in [3.8, 4) is 0 Å². The predicted molar refractivity (Wildman–Crippen MR) is 140 cm³/mol. The molecule has 0 spiro atoms. The first kappa shape index (κ1) is 26.7. The maximum Gasteiger partial charge on any atom is 0.290 e. The number of nitrogens with two attached hydrogens (primary N) is 1. The van der Waals surface area contributed by atoms with Crippen molar-refractivity contribution < 1.29 is 33.3 Å². The Morgan fingerprint density at radius 3 is 2.59 bits per heavy atom. The summed E-state index contributed by atoms with van der Waals surface area (Å²) in [4.78, 5) is 13.2. The van der Waals surface area contributed by atoms with E-state index in [1.165, 1.54) is 0 Å². The number of aliphatic hydroxyl groups excluding tert-OH is 1. The highest BCUT2D eigenvalue weighted by Crippen LogP contribution is 2.42. The molecule has 0 saturated carbocycles. The fraction of sp³-hybridized carbons (Fsp3) is 0.393. The number of hydrogen-bond donors (Lipinski definition) is 3. The van der Waals surface area contributed by atoms with Crippen LogP contribution >= 0.6 is 0 Å². The molecule has 2 heterocycles. The van der Waals surface area contributed by atoms with Gasteiger partial charge in [0.2, 0.25) is 6.29 Å². The van der Waals surface area contributed by atoms with Gasteiger partial charge < -0.3 is 39.5 Å². The average molecular weight is 511 g/mol. The van der Waals surface area contributed by atoms with Crippen LogP contribution in [-0.4, -0.2) is 56.9 Å². The Hall–Kier alpha value is -3.37. The van der Waals surface area contributed by atoms with E-state index in [9.17, 15) is 4.79 Å². The third-order valence-electron chi connectivity index (χ3n) is 6.22. The number of rotatable bonds is 13. The Balaban J connectivity index is 1.59. The van der Waals surface area contributed by atoms with Gasteiger partial charge in [-0.15, -0.1) is 0 Å². The Kier molecular flexibility index (Phi) is 9.56. The number of anilines is 2. The van der Waals surface area contributed by atoms with Gasteiger partial charge in [-0.05, 0) is 37.6 Å². The van der Waals surface area contributed by atoms with Crippen molar-refractivity contribution in [3.05, 3.63) is 72.2 Å². The molecule has 1 aliphatic rings. The second-order valence-electron chi connectivity index (χ2n) is 8.63. The van der Waals surface area contributed by atoms with Crippen LogP contribution in [0.15, 0.2) is 71.0 Å². The number of allylic oxidation sites excluding steroid dienone is 1. The van der Waals surface area contributed by atoms with Gasteiger partial charge in [-0.25, -0.2) is 0 Å². The number of hydrogen-bond acceptors (Lipinski definition) is 8. The fourth-order valence-corrected chi connectivity index (χ4v) is 4.45. The monoisotopic (exact) mass is 510 g/mol. The number of aliphatic hydroxyl groups is 1. The van der Waals surface area contributed by atoms with Crippen LogP contribution in [0.5, 0.6) is 0 Å². The summed E-state index contributed by atoms with van der Waals surface area (Å²) >= 11 is 0. The normalized spacial score (nSPS) is 19.4. The molecule has 9 heteroatoms. The predicted octanol–water partition coefficient (Wildman–Crippen LogP) is 4.05. The van der Waals surface area contributed by atoms with Gasteiger partial charge in [0.25, 0.3) is 5.91 Å². The van der Waals surface area contributed by atoms with Crippen molar-refractivity contribution in [2.75, 3.05) is 50.7 Å². The Morgan fingerprint density at radius 1 is 1.05 bits per heavy atom. The average Bonchev–Trinajstić information content (AvgIpc) is 3.34. The van der Waals surface area contributed by atoms with Crippen molar-refractivity contribution in [2.45, 2.75) is 25.6 Å². The Bertz CT molecular complexity index is 1190. The highest BCUT2D eigenvalue weighted by Gasteiger charge is 2.39. The van der Waals surface area contributed by atoms with Crippen LogP contribution in [0.4, 0.5) is 11.4 Å². The van der Waals surface area contributed by atoms with Gasteiger partial charge in [0, 0.05) is 36.0 Å². The molecule has 0 saturated heterocycles. The van der Waals surface area contributed by atoms with Gasteiger partial charge >= 0.3 is 0 Å². The molecule has 0 fully saturated rings. The zero-order valence-corrected chi connectivity index (χ0v) is 20.9. The summed E-state index contributed by atoms with van der Waals surface area (Å²) in [6.45, 7) is 3.83. The molecule has 1 amide bonds. The van der Waals surface area contributed by atoms with Crippen LogP contribution in [0, 0.1) is 5.92 Å². The zero-order chi connectivity index (χ0) is 26.0. The first-order chi connectivity index (χ1) is 18.1. The summed E-state index contributed by atoms with van der Waals surface area (Å²) < 4.78 is 29.0. The second-order valence-corrected chi connectivity index (χ2v) is 8.63. The first-order valence-corrected chi connectivity index (χ1v) is 12.5. The molecule has 0 unspecified atom stereocenters. The number of nitrogen functional groups attached to an aromatic ring is 1. The summed E-state index contributed by atoms with van der Waals surface area (Å²) in [6.07, 6.45) is 3.51. The van der Waals surface area contributed by atoms with E-state index in [0.717, 1.165) is 16.5 Å². The number of carbonyl (C=O) groups is 1.